The van der Waals surface area contributed by atoms with E-state index < -0.39 is 21.4 Å². The summed E-state index contributed by atoms with van der Waals surface area (Å²) in [4.78, 5) is 0. The molecular weight excluding hydrogens is 337 g/mol. The predicted octanol–water partition coefficient (Wildman–Crippen LogP) is 3.08. The number of ether oxygens (including phenoxy) is 2. The second-order valence-corrected chi connectivity index (χ2v) is 8.22. The Morgan fingerprint density at radius 3 is 2.35 bits per heavy atom. The molecule has 1 heterocycles. The minimum atomic E-state index is -5.65. The molecule has 0 aromatic carbocycles. The molecule has 1 spiro atoms. The van der Waals surface area contributed by atoms with Crippen LogP contribution >= 0.6 is 0 Å². The van der Waals surface area contributed by atoms with Gasteiger partial charge in [-0.25, -0.2) is 0 Å². The summed E-state index contributed by atoms with van der Waals surface area (Å²) in [6.45, 7) is 4.51. The maximum absolute atomic E-state index is 12.6. The number of hydrogen-bond donors (Lipinski definition) is 0. The lowest BCUT2D eigenvalue weighted by Crippen LogP contribution is -2.43. The molecule has 23 heavy (non-hydrogen) atoms. The van der Waals surface area contributed by atoms with Crippen molar-refractivity contribution < 1.29 is 35.2 Å². The van der Waals surface area contributed by atoms with E-state index in [0.717, 1.165) is 6.42 Å². The molecule has 1 saturated carbocycles. The molecule has 1 aliphatic heterocycles. The number of fused-ring (bicyclic) bond motifs is 2. The van der Waals surface area contributed by atoms with Crippen molar-refractivity contribution >= 4 is 10.1 Å². The Morgan fingerprint density at radius 1 is 1.17 bits per heavy atom. The zero-order valence-electron chi connectivity index (χ0n) is 12.9. The number of rotatable bonds is 2. The zero-order valence-corrected chi connectivity index (χ0v) is 13.7. The Balaban J connectivity index is 1.97. The summed E-state index contributed by atoms with van der Waals surface area (Å²) in [6.07, 6.45) is 2.15. The Labute approximate surface area is 132 Å². The van der Waals surface area contributed by atoms with Crippen molar-refractivity contribution in [3.63, 3.8) is 0 Å². The molecule has 0 amide bonds. The Kier molecular flexibility index (Phi) is 3.77. The van der Waals surface area contributed by atoms with Gasteiger partial charge < -0.3 is 13.7 Å². The molecule has 0 unspecified atom stereocenters. The van der Waals surface area contributed by atoms with Crippen LogP contribution in [0, 0.1) is 11.3 Å². The van der Waals surface area contributed by atoms with Gasteiger partial charge in [0.25, 0.3) is 0 Å². The minimum absolute atomic E-state index is 0.134. The van der Waals surface area contributed by atoms with Crippen LogP contribution in [-0.4, -0.2) is 32.9 Å². The average Bonchev–Trinajstić information content (AvgIpc) is 2.99. The predicted molar refractivity (Wildman–Crippen MR) is 73.5 cm³/mol. The Morgan fingerprint density at radius 2 is 1.78 bits per heavy atom. The third kappa shape index (κ3) is 2.56. The monoisotopic (exact) mass is 356 g/mol. The van der Waals surface area contributed by atoms with E-state index in [9.17, 15) is 21.6 Å². The molecule has 0 bridgehead atoms. The first-order chi connectivity index (χ1) is 10.5. The van der Waals surface area contributed by atoms with Crippen LogP contribution in [0.15, 0.2) is 11.3 Å². The van der Waals surface area contributed by atoms with E-state index in [1.807, 2.05) is 6.92 Å². The lowest BCUT2D eigenvalue weighted by Gasteiger charge is -2.42. The van der Waals surface area contributed by atoms with E-state index in [1.165, 1.54) is 0 Å². The van der Waals surface area contributed by atoms with Crippen molar-refractivity contribution in [2.45, 2.75) is 50.8 Å². The van der Waals surface area contributed by atoms with Gasteiger partial charge in [-0.05, 0) is 30.8 Å². The molecule has 9 heteroatoms. The van der Waals surface area contributed by atoms with E-state index in [0.29, 0.717) is 31.6 Å². The quantitative estimate of drug-likeness (QED) is 0.562. The first kappa shape index (κ1) is 17.0. The van der Waals surface area contributed by atoms with Crippen molar-refractivity contribution in [1.29, 1.82) is 0 Å². The summed E-state index contributed by atoms with van der Waals surface area (Å²) in [5.41, 5.74) is -5.15. The smallest absolute Gasteiger partial charge is 0.381 e. The number of halogens is 3. The van der Waals surface area contributed by atoms with Crippen LogP contribution in [0.3, 0.4) is 0 Å². The number of alkyl halides is 3. The van der Waals surface area contributed by atoms with E-state index in [4.69, 9.17) is 9.47 Å². The van der Waals surface area contributed by atoms with Gasteiger partial charge in [0.15, 0.2) is 5.79 Å². The van der Waals surface area contributed by atoms with Crippen LogP contribution in [0.25, 0.3) is 0 Å². The molecule has 2 aliphatic carbocycles. The van der Waals surface area contributed by atoms with Gasteiger partial charge in [-0.15, -0.1) is 0 Å². The van der Waals surface area contributed by atoms with E-state index >= 15 is 0 Å². The highest BCUT2D eigenvalue weighted by Crippen LogP contribution is 2.61. The average molecular weight is 356 g/mol. The fraction of sp³-hybridized carbons (Fsp3) is 0.857. The molecule has 0 radical (unpaired) electrons. The van der Waals surface area contributed by atoms with Crippen LogP contribution in [0.1, 0.15) is 39.5 Å². The SMILES string of the molecule is CC1=C(OS(=O)(=O)C(F)(F)F)CC[C@@]2(C)CCC3(OCCO3)[C@@H]12. The number of hydrogen-bond acceptors (Lipinski definition) is 5. The van der Waals surface area contributed by atoms with E-state index in [1.54, 1.807) is 6.92 Å². The minimum Gasteiger partial charge on any atom is -0.381 e. The maximum atomic E-state index is 12.6. The highest BCUT2D eigenvalue weighted by Gasteiger charge is 2.61. The third-order valence-electron chi connectivity index (χ3n) is 5.25. The van der Waals surface area contributed by atoms with Gasteiger partial charge in [0.1, 0.15) is 5.76 Å². The summed E-state index contributed by atoms with van der Waals surface area (Å²) in [5, 5.41) is 0. The molecule has 1 saturated heterocycles. The second kappa shape index (κ2) is 5.10. The van der Waals surface area contributed by atoms with Crippen molar-refractivity contribution in [3.05, 3.63) is 11.3 Å². The molecule has 3 aliphatic rings. The van der Waals surface area contributed by atoms with E-state index in [2.05, 4.69) is 4.18 Å². The number of allylic oxidation sites excluding steroid dienone is 1. The first-order valence-corrected chi connectivity index (χ1v) is 8.90. The molecule has 3 rings (SSSR count). The third-order valence-corrected chi connectivity index (χ3v) is 6.23. The highest BCUT2D eigenvalue weighted by atomic mass is 32.2. The highest BCUT2D eigenvalue weighted by molar-refractivity contribution is 7.87. The Bertz CT molecular complexity index is 633. The summed E-state index contributed by atoms with van der Waals surface area (Å²) >= 11 is 0. The van der Waals surface area contributed by atoms with E-state index in [-0.39, 0.29) is 23.5 Å². The molecule has 2 fully saturated rings. The lowest BCUT2D eigenvalue weighted by molar-refractivity contribution is -0.185. The second-order valence-electron chi connectivity index (χ2n) is 6.69. The molecule has 0 aromatic heterocycles. The van der Waals surface area contributed by atoms with Gasteiger partial charge in [0, 0.05) is 18.8 Å². The maximum Gasteiger partial charge on any atom is 0.534 e. The standard InChI is InChI=1S/C14H19F3O5S/c1-9-10(22-23(18,19)14(15,16)17)3-4-12(2)5-6-13(11(9)12)20-7-8-21-13/h11H,3-8H2,1-2H3/t11-,12-/m0/s1. The lowest BCUT2D eigenvalue weighted by atomic mass is 9.67. The largest absolute Gasteiger partial charge is 0.534 e. The summed E-state index contributed by atoms with van der Waals surface area (Å²) in [7, 11) is -5.65. The summed E-state index contributed by atoms with van der Waals surface area (Å²) in [6, 6.07) is 0. The first-order valence-electron chi connectivity index (χ1n) is 7.49. The van der Waals surface area contributed by atoms with Crippen molar-refractivity contribution in [2.75, 3.05) is 13.2 Å². The molecule has 132 valence electrons. The molecule has 0 aromatic rings. The summed E-state index contributed by atoms with van der Waals surface area (Å²) in [5.74, 6) is -1.30. The van der Waals surface area contributed by atoms with Crippen LogP contribution in [0.4, 0.5) is 13.2 Å². The van der Waals surface area contributed by atoms with Gasteiger partial charge in [0.2, 0.25) is 0 Å². The molecule has 0 N–H and O–H groups in total. The molecule has 2 atom stereocenters. The van der Waals surface area contributed by atoms with Crippen LogP contribution in [0.5, 0.6) is 0 Å². The molecular formula is C14H19F3O5S. The van der Waals surface area contributed by atoms with Gasteiger partial charge in [-0.3, -0.25) is 0 Å². The Hall–Kier alpha value is -0.800. The fourth-order valence-corrected chi connectivity index (χ4v) is 4.80. The zero-order chi connectivity index (χ0) is 17.1. The van der Waals surface area contributed by atoms with Crippen molar-refractivity contribution in [2.24, 2.45) is 11.3 Å². The van der Waals surface area contributed by atoms with Crippen LogP contribution in [-0.2, 0) is 23.8 Å². The van der Waals surface area contributed by atoms with Crippen LogP contribution < -0.4 is 0 Å². The van der Waals surface area contributed by atoms with Gasteiger partial charge in [0.05, 0.1) is 13.2 Å². The fourth-order valence-electron chi connectivity index (χ4n) is 4.23. The molecule has 5 nitrogen and oxygen atoms in total. The van der Waals surface area contributed by atoms with Gasteiger partial charge in [-0.1, -0.05) is 6.92 Å². The summed E-state index contributed by atoms with van der Waals surface area (Å²) < 4.78 is 76.3. The van der Waals surface area contributed by atoms with Crippen molar-refractivity contribution in [1.82, 2.24) is 0 Å². The topological polar surface area (TPSA) is 61.8 Å². The van der Waals surface area contributed by atoms with Crippen LogP contribution in [0.2, 0.25) is 0 Å². The normalized spacial score (nSPS) is 34.0. The van der Waals surface area contributed by atoms with Gasteiger partial charge >= 0.3 is 15.6 Å². The van der Waals surface area contributed by atoms with Crippen molar-refractivity contribution in [3.8, 4) is 0 Å². The van der Waals surface area contributed by atoms with Gasteiger partial charge in [-0.2, -0.15) is 21.6 Å².